The van der Waals surface area contributed by atoms with Crippen molar-refractivity contribution in [2.24, 2.45) is 4.99 Å². The molecule has 3 aromatic carbocycles. The minimum Gasteiger partial charge on any atom is -0.508 e. The molecule has 0 radical (unpaired) electrons. The second-order valence-corrected chi connectivity index (χ2v) is 9.72. The van der Waals surface area contributed by atoms with Crippen LogP contribution in [0.3, 0.4) is 0 Å². The van der Waals surface area contributed by atoms with E-state index in [1.165, 1.54) is 22.5 Å². The zero-order chi connectivity index (χ0) is 23.9. The van der Waals surface area contributed by atoms with Crippen molar-refractivity contribution >= 4 is 23.1 Å². The molecular formula is C29H24N2O3S. The van der Waals surface area contributed by atoms with E-state index in [4.69, 9.17) is 9.73 Å². The lowest BCUT2D eigenvalue weighted by atomic mass is 9.83. The Morgan fingerprint density at radius 3 is 2.71 bits per heavy atom. The molecule has 1 atom stereocenters. The van der Waals surface area contributed by atoms with Crippen molar-refractivity contribution in [2.75, 3.05) is 6.61 Å². The number of aromatic hydroxyl groups is 1. The number of aromatic nitrogens is 1. The Hall–Kier alpha value is -3.90. The molecule has 1 unspecified atom stereocenters. The van der Waals surface area contributed by atoms with Gasteiger partial charge in [0.15, 0.2) is 4.80 Å². The number of phenolic OH excluding ortho intramolecular Hbond substituents is 1. The van der Waals surface area contributed by atoms with Crippen molar-refractivity contribution in [3.8, 4) is 11.5 Å². The molecule has 5 nitrogen and oxygen atoms in total. The van der Waals surface area contributed by atoms with Crippen molar-refractivity contribution in [3.63, 3.8) is 0 Å². The Morgan fingerprint density at radius 2 is 1.91 bits per heavy atom. The second-order valence-electron chi connectivity index (χ2n) is 8.71. The molecular weight excluding hydrogens is 456 g/mol. The fourth-order valence-electron chi connectivity index (χ4n) is 5.00. The second kappa shape index (κ2) is 8.71. The standard InChI is InChI=1S/C29H24N2O3S/c1-2-34-22-13-10-20(11-14-22)27-24-15-12-19-7-3-4-9-23(19)26(24)30-29-31(27)28(33)25(35-29)17-18-6-5-8-21(32)16-18/h3-11,13-14,16-17,27,32H,2,12,15H2,1H3/b25-17+. The van der Waals surface area contributed by atoms with Crippen LogP contribution in [-0.4, -0.2) is 16.3 Å². The number of benzene rings is 3. The van der Waals surface area contributed by atoms with Crippen molar-refractivity contribution in [1.29, 1.82) is 0 Å². The number of thiazole rings is 1. The number of hydrogen-bond acceptors (Lipinski definition) is 5. The number of fused-ring (bicyclic) bond motifs is 3. The topological polar surface area (TPSA) is 63.8 Å². The molecule has 0 saturated carbocycles. The summed E-state index contributed by atoms with van der Waals surface area (Å²) in [4.78, 5) is 19.5. The maximum atomic E-state index is 13.7. The van der Waals surface area contributed by atoms with E-state index in [0.717, 1.165) is 41.0 Å². The Balaban J connectivity index is 1.59. The smallest absolute Gasteiger partial charge is 0.271 e. The molecule has 1 aromatic heterocycles. The first-order valence-corrected chi connectivity index (χ1v) is 12.6. The molecule has 0 saturated heterocycles. The van der Waals surface area contributed by atoms with Gasteiger partial charge in [0.1, 0.15) is 11.5 Å². The molecule has 6 rings (SSSR count). The molecule has 35 heavy (non-hydrogen) atoms. The van der Waals surface area contributed by atoms with E-state index in [2.05, 4.69) is 30.3 Å². The molecule has 0 fully saturated rings. The van der Waals surface area contributed by atoms with Gasteiger partial charge in [0, 0.05) is 5.56 Å². The van der Waals surface area contributed by atoms with E-state index in [1.54, 1.807) is 18.2 Å². The number of rotatable bonds is 4. The Bertz CT molecular complexity index is 1640. The van der Waals surface area contributed by atoms with E-state index in [1.807, 2.05) is 41.8 Å². The lowest BCUT2D eigenvalue weighted by molar-refractivity contribution is 0.340. The highest BCUT2D eigenvalue weighted by Gasteiger charge is 2.32. The van der Waals surface area contributed by atoms with Gasteiger partial charge in [-0.25, -0.2) is 4.99 Å². The van der Waals surface area contributed by atoms with Crippen LogP contribution in [0.4, 0.5) is 0 Å². The van der Waals surface area contributed by atoms with Crippen LogP contribution in [0.15, 0.2) is 88.2 Å². The highest BCUT2D eigenvalue weighted by atomic mass is 32.1. The Kier molecular flexibility index (Phi) is 5.38. The number of phenols is 1. The monoisotopic (exact) mass is 480 g/mol. The largest absolute Gasteiger partial charge is 0.508 e. The normalized spacial score (nSPS) is 16.8. The first kappa shape index (κ1) is 21.6. The third kappa shape index (κ3) is 3.80. The van der Waals surface area contributed by atoms with Crippen molar-refractivity contribution in [1.82, 2.24) is 4.57 Å². The Labute approximate surface area is 206 Å². The van der Waals surface area contributed by atoms with Gasteiger partial charge in [-0.2, -0.15) is 0 Å². The minimum absolute atomic E-state index is 0.0682. The van der Waals surface area contributed by atoms with Crippen LogP contribution < -0.4 is 19.6 Å². The van der Waals surface area contributed by atoms with Gasteiger partial charge in [-0.15, -0.1) is 0 Å². The maximum absolute atomic E-state index is 13.7. The molecule has 2 heterocycles. The summed E-state index contributed by atoms with van der Waals surface area (Å²) in [6, 6.07) is 23.2. The third-order valence-electron chi connectivity index (χ3n) is 6.55. The highest BCUT2D eigenvalue weighted by molar-refractivity contribution is 7.07. The average molecular weight is 481 g/mol. The minimum atomic E-state index is -0.225. The van der Waals surface area contributed by atoms with Gasteiger partial charge in [-0.05, 0) is 72.4 Å². The van der Waals surface area contributed by atoms with Crippen LogP contribution in [0.5, 0.6) is 11.5 Å². The summed E-state index contributed by atoms with van der Waals surface area (Å²) in [5, 5.41) is 9.87. The lowest BCUT2D eigenvalue weighted by Gasteiger charge is -2.30. The molecule has 174 valence electrons. The summed E-state index contributed by atoms with van der Waals surface area (Å²) in [5.41, 5.74) is 6.35. The number of ether oxygens (including phenoxy) is 1. The zero-order valence-corrected chi connectivity index (χ0v) is 20.1. The van der Waals surface area contributed by atoms with Crippen LogP contribution >= 0.6 is 11.3 Å². The number of nitrogens with zero attached hydrogens (tertiary/aromatic N) is 2. The number of aryl methyl sites for hydroxylation is 1. The number of hydrogen-bond donors (Lipinski definition) is 1. The molecule has 4 aromatic rings. The van der Waals surface area contributed by atoms with Crippen LogP contribution in [0.25, 0.3) is 11.8 Å². The van der Waals surface area contributed by atoms with Crippen LogP contribution in [0, 0.1) is 0 Å². The van der Waals surface area contributed by atoms with Gasteiger partial charge in [0.25, 0.3) is 5.56 Å². The van der Waals surface area contributed by atoms with E-state index in [-0.39, 0.29) is 17.4 Å². The van der Waals surface area contributed by atoms with Gasteiger partial charge in [0.05, 0.1) is 22.9 Å². The van der Waals surface area contributed by atoms with Crippen LogP contribution in [0.2, 0.25) is 0 Å². The first-order chi connectivity index (χ1) is 17.1. The average Bonchev–Trinajstić information content (AvgIpc) is 3.18. The molecule has 0 amide bonds. The zero-order valence-electron chi connectivity index (χ0n) is 19.3. The summed E-state index contributed by atoms with van der Waals surface area (Å²) >= 11 is 1.39. The van der Waals surface area contributed by atoms with E-state index >= 15 is 0 Å². The fourth-order valence-corrected chi connectivity index (χ4v) is 6.00. The van der Waals surface area contributed by atoms with Crippen molar-refractivity contribution in [3.05, 3.63) is 120 Å². The van der Waals surface area contributed by atoms with Gasteiger partial charge >= 0.3 is 0 Å². The van der Waals surface area contributed by atoms with Crippen molar-refractivity contribution in [2.45, 2.75) is 25.8 Å². The fraction of sp³-hybridized carbons (Fsp3) is 0.172. The number of allylic oxidation sites excluding steroid dienone is 1. The predicted octanol–water partition coefficient (Wildman–Crippen LogP) is 4.42. The van der Waals surface area contributed by atoms with Gasteiger partial charge in [0.2, 0.25) is 0 Å². The SMILES string of the molecule is CCOc1ccc(C2C3=C(N=c4s/c(=C/c5cccc(O)c5)c(=O)n42)c2ccccc2CC3)cc1. The molecule has 1 aliphatic carbocycles. The summed E-state index contributed by atoms with van der Waals surface area (Å²) in [6.07, 6.45) is 3.60. The molecule has 1 N–H and O–H groups in total. The summed E-state index contributed by atoms with van der Waals surface area (Å²) in [5.74, 6) is 0.988. The maximum Gasteiger partial charge on any atom is 0.271 e. The first-order valence-electron chi connectivity index (χ1n) is 11.8. The molecule has 1 aliphatic heterocycles. The van der Waals surface area contributed by atoms with E-state index in [9.17, 15) is 9.90 Å². The highest BCUT2D eigenvalue weighted by Crippen LogP contribution is 2.41. The summed E-state index contributed by atoms with van der Waals surface area (Å²) < 4.78 is 8.08. The third-order valence-corrected chi connectivity index (χ3v) is 7.53. The Morgan fingerprint density at radius 1 is 1.09 bits per heavy atom. The summed E-state index contributed by atoms with van der Waals surface area (Å²) in [7, 11) is 0. The molecule has 0 spiro atoms. The van der Waals surface area contributed by atoms with Crippen molar-refractivity contribution < 1.29 is 9.84 Å². The lowest BCUT2D eigenvalue weighted by Crippen LogP contribution is -2.38. The van der Waals surface area contributed by atoms with Gasteiger partial charge in [-0.3, -0.25) is 9.36 Å². The molecule has 2 aliphatic rings. The molecule has 6 heteroatoms. The predicted molar refractivity (Wildman–Crippen MR) is 138 cm³/mol. The van der Waals surface area contributed by atoms with E-state index < -0.39 is 0 Å². The van der Waals surface area contributed by atoms with Crippen LogP contribution in [0.1, 0.15) is 41.6 Å². The van der Waals surface area contributed by atoms with Gasteiger partial charge in [-0.1, -0.05) is 59.9 Å². The molecule has 0 bridgehead atoms. The summed E-state index contributed by atoms with van der Waals surface area (Å²) in [6.45, 7) is 2.57. The van der Waals surface area contributed by atoms with E-state index in [0.29, 0.717) is 15.9 Å². The van der Waals surface area contributed by atoms with Crippen LogP contribution in [-0.2, 0) is 6.42 Å². The quantitative estimate of drug-likeness (QED) is 0.470. The van der Waals surface area contributed by atoms with Gasteiger partial charge < -0.3 is 9.84 Å².